The van der Waals surface area contributed by atoms with Crippen molar-refractivity contribution in [2.45, 2.75) is 31.5 Å². The fraction of sp³-hybridized carbons (Fsp3) is 0.500. The second-order valence-electron chi connectivity index (χ2n) is 5.71. The number of carboxylic acids is 2. The molecule has 1 aromatic rings. The Bertz CT molecular complexity index is 638. The summed E-state index contributed by atoms with van der Waals surface area (Å²) < 4.78 is 21.8. The molecule has 0 aliphatic carbocycles. The maximum atomic E-state index is 11.3. The van der Waals surface area contributed by atoms with Gasteiger partial charge in [0.25, 0.3) is 0 Å². The summed E-state index contributed by atoms with van der Waals surface area (Å²) in [6.45, 7) is 0.665. The third-order valence-corrected chi connectivity index (χ3v) is 5.10. The lowest BCUT2D eigenvalue weighted by Gasteiger charge is -2.21. The molecule has 2 atom stereocenters. The van der Waals surface area contributed by atoms with Crippen LogP contribution in [-0.4, -0.2) is 51.3 Å². The molecule has 1 rings (SSSR count). The highest BCUT2D eigenvalue weighted by Crippen LogP contribution is 2.46. The molecule has 9 nitrogen and oxygen atoms in total. The van der Waals surface area contributed by atoms with Gasteiger partial charge in [0.2, 0.25) is 0 Å². The lowest BCUT2D eigenvalue weighted by atomic mass is 9.98. The van der Waals surface area contributed by atoms with E-state index in [1.165, 1.54) is 0 Å². The van der Waals surface area contributed by atoms with Crippen molar-refractivity contribution in [3.8, 4) is 5.75 Å². The predicted molar refractivity (Wildman–Crippen MR) is 91.1 cm³/mol. The van der Waals surface area contributed by atoms with Crippen LogP contribution in [0, 0.1) is 5.92 Å². The van der Waals surface area contributed by atoms with Crippen molar-refractivity contribution in [2.75, 3.05) is 13.7 Å². The Labute approximate surface area is 150 Å². The molecule has 0 spiro atoms. The van der Waals surface area contributed by atoms with Crippen LogP contribution in [0.1, 0.15) is 24.8 Å². The minimum Gasteiger partial charge on any atom is -0.497 e. The van der Waals surface area contributed by atoms with Crippen LogP contribution in [0.5, 0.6) is 5.75 Å². The van der Waals surface area contributed by atoms with Gasteiger partial charge in [0.15, 0.2) is 5.66 Å². The van der Waals surface area contributed by atoms with Crippen molar-refractivity contribution in [3.63, 3.8) is 0 Å². The first-order valence-electron chi connectivity index (χ1n) is 7.88. The first-order chi connectivity index (χ1) is 12.2. The highest BCUT2D eigenvalue weighted by atomic mass is 31.2. The van der Waals surface area contributed by atoms with Gasteiger partial charge in [-0.1, -0.05) is 18.6 Å². The van der Waals surface area contributed by atoms with E-state index in [0.717, 1.165) is 11.3 Å². The van der Waals surface area contributed by atoms with Gasteiger partial charge < -0.3 is 29.5 Å². The highest BCUT2D eigenvalue weighted by molar-refractivity contribution is 7.53. The molecular formula is C16H23O9P. The number of hydrogen-bond donors (Lipinski definition) is 4. The number of rotatable bonds is 12. The number of hydrogen-bond acceptors (Lipinski definition) is 5. The molecule has 1 aromatic carbocycles. The van der Waals surface area contributed by atoms with Gasteiger partial charge in [-0.3, -0.25) is 14.2 Å². The average Bonchev–Trinajstić information content (AvgIpc) is 2.55. The van der Waals surface area contributed by atoms with Crippen LogP contribution in [-0.2, 0) is 25.5 Å². The molecule has 26 heavy (non-hydrogen) atoms. The molecule has 0 heterocycles. The molecule has 0 aliphatic rings. The molecule has 0 aliphatic heterocycles. The SMILES string of the molecule is COc1ccc(COCCCCC(C(=O)O)C(C(=O)O)P(=O)(O)O)cc1. The minimum absolute atomic E-state index is 0.163. The van der Waals surface area contributed by atoms with Crippen LogP contribution >= 0.6 is 7.60 Å². The fourth-order valence-electron chi connectivity index (χ4n) is 2.45. The Kier molecular flexibility index (Phi) is 8.74. The van der Waals surface area contributed by atoms with E-state index in [2.05, 4.69) is 0 Å². The Morgan fingerprint density at radius 1 is 1.08 bits per heavy atom. The van der Waals surface area contributed by atoms with E-state index in [9.17, 15) is 14.2 Å². The molecule has 146 valence electrons. The van der Waals surface area contributed by atoms with E-state index in [1.54, 1.807) is 19.2 Å². The van der Waals surface area contributed by atoms with Gasteiger partial charge in [0, 0.05) is 6.61 Å². The molecule has 0 amide bonds. The van der Waals surface area contributed by atoms with Gasteiger partial charge in [0.1, 0.15) is 5.75 Å². The number of carbonyl (C=O) groups is 2. The van der Waals surface area contributed by atoms with E-state index < -0.39 is 31.1 Å². The maximum Gasteiger partial charge on any atom is 0.340 e. The summed E-state index contributed by atoms with van der Waals surface area (Å²) in [6, 6.07) is 7.28. The Hall–Kier alpha value is -1.93. The van der Waals surface area contributed by atoms with Crippen molar-refractivity contribution >= 4 is 19.5 Å². The molecule has 4 N–H and O–H groups in total. The van der Waals surface area contributed by atoms with Crippen LogP contribution < -0.4 is 4.74 Å². The molecule has 0 saturated carbocycles. The van der Waals surface area contributed by atoms with E-state index >= 15 is 0 Å². The van der Waals surface area contributed by atoms with Gasteiger partial charge in [-0.05, 0) is 30.5 Å². The van der Waals surface area contributed by atoms with Crippen molar-refractivity contribution in [1.29, 1.82) is 0 Å². The summed E-state index contributed by atoms with van der Waals surface area (Å²) in [7, 11) is -3.51. The molecule has 0 aromatic heterocycles. The monoisotopic (exact) mass is 390 g/mol. The molecule has 2 unspecified atom stereocenters. The molecule has 0 saturated heterocycles. The third-order valence-electron chi connectivity index (χ3n) is 3.80. The summed E-state index contributed by atoms with van der Waals surface area (Å²) in [6.07, 6.45) is 0.542. The van der Waals surface area contributed by atoms with E-state index in [-0.39, 0.29) is 12.8 Å². The molecule has 0 radical (unpaired) electrons. The lowest BCUT2D eigenvalue weighted by molar-refractivity contribution is -0.148. The van der Waals surface area contributed by atoms with Crippen LogP contribution in [0.3, 0.4) is 0 Å². The predicted octanol–water partition coefficient (Wildman–Crippen LogP) is 1.71. The smallest absolute Gasteiger partial charge is 0.340 e. The zero-order valence-corrected chi connectivity index (χ0v) is 15.2. The second kappa shape index (κ2) is 10.3. The number of aliphatic carboxylic acids is 2. The minimum atomic E-state index is -5.07. The second-order valence-corrected chi connectivity index (χ2v) is 7.45. The van der Waals surface area contributed by atoms with Gasteiger partial charge in [-0.2, -0.15) is 0 Å². The number of methoxy groups -OCH3 is 1. The number of carboxylic acid groups (broad SMARTS) is 2. The van der Waals surface area contributed by atoms with E-state index in [4.69, 9.17) is 29.5 Å². The van der Waals surface area contributed by atoms with Crippen molar-refractivity contribution < 1.29 is 43.6 Å². The van der Waals surface area contributed by atoms with E-state index in [0.29, 0.717) is 19.6 Å². The number of ether oxygens (including phenoxy) is 2. The topological polar surface area (TPSA) is 151 Å². The van der Waals surface area contributed by atoms with Gasteiger partial charge in [0.05, 0.1) is 19.6 Å². The quantitative estimate of drug-likeness (QED) is 0.309. The van der Waals surface area contributed by atoms with Crippen LogP contribution in [0.4, 0.5) is 0 Å². The van der Waals surface area contributed by atoms with Gasteiger partial charge in [-0.25, -0.2) is 0 Å². The van der Waals surface area contributed by atoms with Gasteiger partial charge >= 0.3 is 19.5 Å². The largest absolute Gasteiger partial charge is 0.497 e. The molecular weight excluding hydrogens is 367 g/mol. The molecule has 0 fully saturated rings. The highest BCUT2D eigenvalue weighted by Gasteiger charge is 2.45. The van der Waals surface area contributed by atoms with Crippen molar-refractivity contribution in [2.24, 2.45) is 5.92 Å². The van der Waals surface area contributed by atoms with Crippen molar-refractivity contribution in [3.05, 3.63) is 29.8 Å². The van der Waals surface area contributed by atoms with Crippen LogP contribution in [0.2, 0.25) is 0 Å². The number of benzene rings is 1. The number of unbranched alkanes of at least 4 members (excludes halogenated alkanes) is 1. The third kappa shape index (κ3) is 7.13. The summed E-state index contributed by atoms with van der Waals surface area (Å²) >= 11 is 0. The van der Waals surface area contributed by atoms with E-state index in [1.807, 2.05) is 12.1 Å². The normalized spacial score (nSPS) is 13.8. The van der Waals surface area contributed by atoms with Crippen LogP contribution in [0.15, 0.2) is 24.3 Å². The average molecular weight is 390 g/mol. The van der Waals surface area contributed by atoms with Crippen molar-refractivity contribution in [1.82, 2.24) is 0 Å². The van der Waals surface area contributed by atoms with Crippen LogP contribution in [0.25, 0.3) is 0 Å². The lowest BCUT2D eigenvalue weighted by Crippen LogP contribution is -2.35. The Morgan fingerprint density at radius 3 is 2.15 bits per heavy atom. The molecule has 0 bridgehead atoms. The molecule has 10 heteroatoms. The zero-order chi connectivity index (χ0) is 19.7. The summed E-state index contributed by atoms with van der Waals surface area (Å²) in [5.41, 5.74) is -1.32. The Balaban J connectivity index is 2.42. The standard InChI is InChI=1S/C16H23O9P/c1-24-12-7-5-11(6-8-12)10-25-9-3-2-4-13(15(17)18)14(16(19)20)26(21,22)23/h5-8,13-14H,2-4,9-10H2,1H3,(H,17,18)(H,19,20)(H2,21,22,23). The summed E-state index contributed by atoms with van der Waals surface area (Å²) in [4.78, 5) is 40.5. The van der Waals surface area contributed by atoms with Gasteiger partial charge in [-0.15, -0.1) is 0 Å². The zero-order valence-electron chi connectivity index (χ0n) is 14.3. The first-order valence-corrected chi connectivity index (χ1v) is 9.56. The fourth-order valence-corrected chi connectivity index (χ4v) is 3.48. The summed E-state index contributed by atoms with van der Waals surface area (Å²) in [5.74, 6) is -4.29. The maximum absolute atomic E-state index is 11.3. The summed E-state index contributed by atoms with van der Waals surface area (Å²) in [5, 5.41) is 18.0. The first kappa shape index (κ1) is 22.1. The Morgan fingerprint density at radius 2 is 1.69 bits per heavy atom.